The number of halogens is 3. The average molecular weight is 223 g/mol. The Morgan fingerprint density at radius 2 is 2.00 bits per heavy atom. The van der Waals surface area contributed by atoms with Crippen molar-refractivity contribution in [1.82, 2.24) is 10.1 Å². The standard InChI is InChI=1S/C8H12F3N3O/c1-4(2)6(12)7-13-5(14-15-7)3-8(9,10)11/h4,6H,3,12H2,1-2H3/t6-/m0/s1. The lowest BCUT2D eigenvalue weighted by atomic mass is 10.1. The predicted molar refractivity (Wildman–Crippen MR) is 45.8 cm³/mol. The highest BCUT2D eigenvalue weighted by atomic mass is 19.4. The molecule has 0 fully saturated rings. The van der Waals surface area contributed by atoms with Gasteiger partial charge in [-0.05, 0) is 5.92 Å². The third kappa shape index (κ3) is 3.50. The van der Waals surface area contributed by atoms with Crippen molar-refractivity contribution in [3.8, 4) is 0 Å². The molecule has 0 radical (unpaired) electrons. The molecule has 0 aliphatic carbocycles. The van der Waals surface area contributed by atoms with Crippen molar-refractivity contribution in [3.05, 3.63) is 11.7 Å². The first-order valence-electron chi connectivity index (χ1n) is 4.44. The maximum Gasteiger partial charge on any atom is 0.396 e. The summed E-state index contributed by atoms with van der Waals surface area (Å²) in [7, 11) is 0. The van der Waals surface area contributed by atoms with Crippen molar-refractivity contribution >= 4 is 0 Å². The molecule has 1 aromatic heterocycles. The second kappa shape index (κ2) is 4.18. The van der Waals surface area contributed by atoms with E-state index in [9.17, 15) is 13.2 Å². The quantitative estimate of drug-likeness (QED) is 0.848. The smallest absolute Gasteiger partial charge is 0.338 e. The molecule has 0 aliphatic rings. The minimum Gasteiger partial charge on any atom is -0.338 e. The van der Waals surface area contributed by atoms with Crippen LogP contribution in [-0.4, -0.2) is 16.3 Å². The van der Waals surface area contributed by atoms with Gasteiger partial charge < -0.3 is 10.3 Å². The van der Waals surface area contributed by atoms with Crippen LogP contribution in [0.5, 0.6) is 0 Å². The molecule has 0 saturated carbocycles. The zero-order valence-corrected chi connectivity index (χ0v) is 8.38. The third-order valence-corrected chi connectivity index (χ3v) is 1.85. The van der Waals surface area contributed by atoms with Crippen LogP contribution in [0.1, 0.15) is 31.6 Å². The van der Waals surface area contributed by atoms with Crippen LogP contribution in [0.3, 0.4) is 0 Å². The number of aromatic nitrogens is 2. The van der Waals surface area contributed by atoms with Gasteiger partial charge >= 0.3 is 6.18 Å². The van der Waals surface area contributed by atoms with Crippen LogP contribution in [0.15, 0.2) is 4.52 Å². The van der Waals surface area contributed by atoms with Crippen molar-refractivity contribution in [2.24, 2.45) is 11.7 Å². The molecular weight excluding hydrogens is 211 g/mol. The van der Waals surface area contributed by atoms with Crippen molar-refractivity contribution in [2.75, 3.05) is 0 Å². The van der Waals surface area contributed by atoms with Crippen LogP contribution in [0.25, 0.3) is 0 Å². The first-order valence-corrected chi connectivity index (χ1v) is 4.44. The van der Waals surface area contributed by atoms with E-state index in [4.69, 9.17) is 5.73 Å². The van der Waals surface area contributed by atoms with E-state index in [1.807, 2.05) is 13.8 Å². The van der Waals surface area contributed by atoms with Gasteiger partial charge in [0, 0.05) is 0 Å². The highest BCUT2D eigenvalue weighted by Crippen LogP contribution is 2.21. The van der Waals surface area contributed by atoms with Crippen LogP contribution >= 0.6 is 0 Å². The zero-order chi connectivity index (χ0) is 11.6. The fourth-order valence-electron chi connectivity index (χ4n) is 0.939. The lowest BCUT2D eigenvalue weighted by molar-refractivity contribution is -0.128. The average Bonchev–Trinajstić information content (AvgIpc) is 2.48. The van der Waals surface area contributed by atoms with Gasteiger partial charge in [-0.25, -0.2) is 0 Å². The number of nitrogens with zero attached hydrogens (tertiary/aromatic N) is 2. The summed E-state index contributed by atoms with van der Waals surface area (Å²) in [5, 5.41) is 3.22. The molecule has 7 heteroatoms. The molecule has 0 saturated heterocycles. The molecule has 4 nitrogen and oxygen atoms in total. The SMILES string of the molecule is CC(C)[C@H](N)c1nc(CC(F)(F)F)no1. The van der Waals surface area contributed by atoms with E-state index in [1.165, 1.54) is 0 Å². The number of hydrogen-bond donors (Lipinski definition) is 1. The van der Waals surface area contributed by atoms with Crippen LogP contribution in [0.2, 0.25) is 0 Å². The van der Waals surface area contributed by atoms with Crippen LogP contribution in [-0.2, 0) is 6.42 Å². The van der Waals surface area contributed by atoms with E-state index in [0.29, 0.717) is 0 Å². The van der Waals surface area contributed by atoms with E-state index in [-0.39, 0.29) is 17.6 Å². The van der Waals surface area contributed by atoms with Crippen LogP contribution in [0.4, 0.5) is 13.2 Å². The molecular formula is C8H12F3N3O. The Morgan fingerprint density at radius 1 is 1.40 bits per heavy atom. The van der Waals surface area contributed by atoms with E-state index < -0.39 is 18.6 Å². The summed E-state index contributed by atoms with van der Waals surface area (Å²) in [6, 6.07) is -0.528. The van der Waals surface area contributed by atoms with E-state index in [1.54, 1.807) is 0 Å². The summed E-state index contributed by atoms with van der Waals surface area (Å²) in [5.41, 5.74) is 5.64. The molecule has 0 unspecified atom stereocenters. The Morgan fingerprint density at radius 3 is 2.47 bits per heavy atom. The fraction of sp³-hybridized carbons (Fsp3) is 0.750. The molecule has 1 heterocycles. The summed E-state index contributed by atoms with van der Waals surface area (Å²) < 4.78 is 40.5. The molecule has 0 aliphatic heterocycles. The summed E-state index contributed by atoms with van der Waals surface area (Å²) in [6.45, 7) is 3.64. The molecule has 1 aromatic rings. The monoisotopic (exact) mass is 223 g/mol. The molecule has 1 atom stereocenters. The number of rotatable bonds is 3. The molecule has 86 valence electrons. The Bertz CT molecular complexity index is 321. The summed E-state index contributed by atoms with van der Waals surface area (Å²) in [5.74, 6) is -0.304. The van der Waals surface area contributed by atoms with Gasteiger partial charge in [0.15, 0.2) is 5.82 Å². The van der Waals surface area contributed by atoms with Gasteiger partial charge in [-0.3, -0.25) is 0 Å². The second-order valence-corrected chi connectivity index (χ2v) is 3.61. The molecule has 0 aromatic carbocycles. The van der Waals surface area contributed by atoms with E-state index >= 15 is 0 Å². The molecule has 0 amide bonds. The van der Waals surface area contributed by atoms with Crippen LogP contribution in [0, 0.1) is 5.92 Å². The van der Waals surface area contributed by atoms with Crippen molar-refractivity contribution < 1.29 is 17.7 Å². The minimum absolute atomic E-state index is 0.0317. The van der Waals surface area contributed by atoms with Crippen molar-refractivity contribution in [3.63, 3.8) is 0 Å². The summed E-state index contributed by atoms with van der Waals surface area (Å²) in [4.78, 5) is 3.59. The minimum atomic E-state index is -4.33. The maximum atomic E-state index is 12.0. The van der Waals surface area contributed by atoms with E-state index in [0.717, 1.165) is 0 Å². The van der Waals surface area contributed by atoms with Gasteiger partial charge in [-0.1, -0.05) is 19.0 Å². The number of alkyl halides is 3. The maximum absolute atomic E-state index is 12.0. The first-order chi connectivity index (χ1) is 6.79. The number of hydrogen-bond acceptors (Lipinski definition) is 4. The Kier molecular flexibility index (Phi) is 3.33. The fourth-order valence-corrected chi connectivity index (χ4v) is 0.939. The normalized spacial score (nSPS) is 14.6. The molecule has 1 rings (SSSR count). The highest BCUT2D eigenvalue weighted by molar-refractivity contribution is 4.94. The van der Waals surface area contributed by atoms with Gasteiger partial charge in [0.2, 0.25) is 5.89 Å². The van der Waals surface area contributed by atoms with Gasteiger partial charge in [0.25, 0.3) is 0 Å². The Hall–Kier alpha value is -1.11. The van der Waals surface area contributed by atoms with Crippen LogP contribution < -0.4 is 5.73 Å². The second-order valence-electron chi connectivity index (χ2n) is 3.61. The van der Waals surface area contributed by atoms with Gasteiger partial charge in [0.05, 0.1) is 6.04 Å². The zero-order valence-electron chi connectivity index (χ0n) is 8.38. The lowest BCUT2D eigenvalue weighted by Crippen LogP contribution is -2.17. The molecule has 15 heavy (non-hydrogen) atoms. The summed E-state index contributed by atoms with van der Waals surface area (Å²) >= 11 is 0. The summed E-state index contributed by atoms with van der Waals surface area (Å²) in [6.07, 6.45) is -5.52. The van der Waals surface area contributed by atoms with Gasteiger partial charge in [-0.2, -0.15) is 18.2 Å². The molecule has 0 bridgehead atoms. The molecule has 2 N–H and O–H groups in total. The van der Waals surface area contributed by atoms with Crippen molar-refractivity contribution in [1.29, 1.82) is 0 Å². The molecule has 0 spiro atoms. The topological polar surface area (TPSA) is 64.9 Å². The highest BCUT2D eigenvalue weighted by Gasteiger charge is 2.31. The lowest BCUT2D eigenvalue weighted by Gasteiger charge is -2.09. The first kappa shape index (κ1) is 12.0. The van der Waals surface area contributed by atoms with Crippen molar-refractivity contribution in [2.45, 2.75) is 32.5 Å². The van der Waals surface area contributed by atoms with Gasteiger partial charge in [-0.15, -0.1) is 0 Å². The van der Waals surface area contributed by atoms with Gasteiger partial charge in [0.1, 0.15) is 6.42 Å². The largest absolute Gasteiger partial charge is 0.396 e. The Balaban J connectivity index is 2.72. The Labute approximate surface area is 84.6 Å². The third-order valence-electron chi connectivity index (χ3n) is 1.85. The number of nitrogens with two attached hydrogens (primary N) is 1. The predicted octanol–water partition coefficient (Wildman–Crippen LogP) is 1.83. The van der Waals surface area contributed by atoms with E-state index in [2.05, 4.69) is 14.7 Å².